The van der Waals surface area contributed by atoms with Crippen molar-refractivity contribution in [3.05, 3.63) is 0 Å². The van der Waals surface area contributed by atoms with Crippen LogP contribution in [-0.4, -0.2) is 59.6 Å². The third-order valence-corrected chi connectivity index (χ3v) is 6.06. The smallest absolute Gasteiger partial charge is 0.377 e. The third kappa shape index (κ3) is 5.78. The van der Waals surface area contributed by atoms with E-state index in [9.17, 15) is 0 Å². The first-order valence-corrected chi connectivity index (χ1v) is 9.00. The number of nitrogens with zero attached hydrogens (tertiary/aromatic N) is 2. The topological polar surface area (TPSA) is 69.3 Å². The molecule has 0 heterocycles. The average Bonchev–Trinajstić information content (AvgIpc) is 2.39. The molecule has 0 aromatic heterocycles. The van der Waals surface area contributed by atoms with Gasteiger partial charge in [-0.1, -0.05) is 0 Å². The molecular formula is C13H31N3O3Si. The Morgan fingerprint density at radius 1 is 1.05 bits per heavy atom. The van der Waals surface area contributed by atoms with Gasteiger partial charge in [-0.05, 0) is 34.1 Å². The highest BCUT2D eigenvalue weighted by molar-refractivity contribution is 6.60. The summed E-state index contributed by atoms with van der Waals surface area (Å²) in [5.41, 5.74) is 6.06. The Morgan fingerprint density at radius 2 is 1.50 bits per heavy atom. The lowest BCUT2D eigenvalue weighted by atomic mass is 10.2. The van der Waals surface area contributed by atoms with Crippen molar-refractivity contribution in [3.8, 4) is 0 Å². The maximum Gasteiger partial charge on any atom is 0.500 e. The summed E-state index contributed by atoms with van der Waals surface area (Å²) in [7, 11) is 2.38. The minimum absolute atomic E-state index is 0.337. The van der Waals surface area contributed by atoms with Crippen LogP contribution in [0.1, 0.15) is 34.1 Å². The van der Waals surface area contributed by atoms with Crippen molar-refractivity contribution in [3.63, 3.8) is 0 Å². The molecule has 0 aliphatic carbocycles. The monoisotopic (exact) mass is 305 g/mol. The number of hydrogen-bond donors (Lipinski definition) is 1. The molecule has 0 rings (SSSR count). The largest absolute Gasteiger partial charge is 0.500 e. The molecule has 0 atom stereocenters. The Hall–Kier alpha value is -0.633. The highest BCUT2D eigenvalue weighted by Gasteiger charge is 2.36. The Bertz CT molecular complexity index is 278. The first kappa shape index (κ1) is 19.4. The molecule has 2 N–H and O–H groups in total. The van der Waals surface area contributed by atoms with Crippen LogP contribution in [0.15, 0.2) is 4.99 Å². The molecule has 0 bridgehead atoms. The molecule has 0 amide bonds. The van der Waals surface area contributed by atoms with Crippen LogP contribution >= 0.6 is 0 Å². The zero-order valence-corrected chi connectivity index (χ0v) is 15.0. The SMILES string of the molecule is CO[Si](CCCN=C(N)N(C(C)C)C(C)C)(OC)OC. The van der Waals surface area contributed by atoms with Crippen LogP contribution in [0, 0.1) is 0 Å². The van der Waals surface area contributed by atoms with Crippen molar-refractivity contribution in [1.82, 2.24) is 4.90 Å². The molecule has 120 valence electrons. The molecule has 6 nitrogen and oxygen atoms in total. The quantitative estimate of drug-likeness (QED) is 0.304. The fourth-order valence-electron chi connectivity index (χ4n) is 2.25. The maximum absolute atomic E-state index is 6.06. The van der Waals surface area contributed by atoms with Crippen LogP contribution in [0.25, 0.3) is 0 Å². The summed E-state index contributed by atoms with van der Waals surface area (Å²) in [6.45, 7) is 9.09. The maximum atomic E-state index is 6.06. The fraction of sp³-hybridized carbons (Fsp3) is 0.923. The van der Waals surface area contributed by atoms with Gasteiger partial charge in [-0.25, -0.2) is 0 Å². The second-order valence-corrected chi connectivity index (χ2v) is 8.32. The number of nitrogens with two attached hydrogens (primary N) is 1. The Labute approximate surface area is 124 Å². The van der Waals surface area contributed by atoms with Gasteiger partial charge in [0.05, 0.1) is 0 Å². The molecule has 0 unspecified atom stereocenters. The zero-order valence-electron chi connectivity index (χ0n) is 14.0. The Balaban J connectivity index is 4.43. The summed E-state index contributed by atoms with van der Waals surface area (Å²) in [4.78, 5) is 6.55. The Kier molecular flexibility index (Phi) is 9.03. The van der Waals surface area contributed by atoms with Crippen molar-refractivity contribution in [2.24, 2.45) is 10.7 Å². The number of hydrogen-bond acceptors (Lipinski definition) is 4. The molecule has 0 fully saturated rings. The average molecular weight is 305 g/mol. The first-order valence-electron chi connectivity index (χ1n) is 7.07. The van der Waals surface area contributed by atoms with Crippen LogP contribution < -0.4 is 5.73 Å². The van der Waals surface area contributed by atoms with Gasteiger partial charge in [0.2, 0.25) is 0 Å². The molecule has 0 saturated heterocycles. The van der Waals surface area contributed by atoms with E-state index < -0.39 is 8.80 Å². The number of aliphatic imine (C=N–C) groups is 1. The lowest BCUT2D eigenvalue weighted by molar-refractivity contribution is 0.123. The van der Waals surface area contributed by atoms with E-state index >= 15 is 0 Å². The second kappa shape index (κ2) is 9.33. The van der Waals surface area contributed by atoms with Gasteiger partial charge in [0, 0.05) is 46.0 Å². The van der Waals surface area contributed by atoms with Crippen LogP contribution in [0.4, 0.5) is 0 Å². The lowest BCUT2D eigenvalue weighted by Crippen LogP contribution is -2.46. The van der Waals surface area contributed by atoms with Gasteiger partial charge in [-0.2, -0.15) is 0 Å². The van der Waals surface area contributed by atoms with E-state index in [1.165, 1.54) is 0 Å². The lowest BCUT2D eigenvalue weighted by Gasteiger charge is -2.31. The third-order valence-electron chi connectivity index (χ3n) is 3.23. The molecule has 20 heavy (non-hydrogen) atoms. The zero-order chi connectivity index (χ0) is 15.8. The van der Waals surface area contributed by atoms with Crippen LogP contribution in [0.2, 0.25) is 6.04 Å². The van der Waals surface area contributed by atoms with Gasteiger partial charge in [-0.3, -0.25) is 4.99 Å². The van der Waals surface area contributed by atoms with Crippen molar-refractivity contribution >= 4 is 14.8 Å². The van der Waals surface area contributed by atoms with Gasteiger partial charge in [-0.15, -0.1) is 0 Å². The van der Waals surface area contributed by atoms with Gasteiger partial charge >= 0.3 is 8.80 Å². The van der Waals surface area contributed by atoms with E-state index in [2.05, 4.69) is 37.6 Å². The summed E-state index contributed by atoms with van der Waals surface area (Å²) in [5.74, 6) is 0.592. The minimum Gasteiger partial charge on any atom is -0.377 e. The van der Waals surface area contributed by atoms with Gasteiger partial charge < -0.3 is 23.9 Å². The second-order valence-electron chi connectivity index (χ2n) is 5.23. The standard InChI is InChI=1S/C13H31N3O3Si/c1-11(2)16(12(3)4)13(14)15-9-8-10-20(17-5,18-6)19-7/h11-12H,8-10H2,1-7H3,(H2,14,15). The predicted octanol–water partition coefficient (Wildman–Crippen LogP) is 1.69. The van der Waals surface area contributed by atoms with Crippen molar-refractivity contribution < 1.29 is 13.3 Å². The summed E-state index contributed by atoms with van der Waals surface area (Å²) in [6.07, 6.45) is 0.826. The Morgan fingerprint density at radius 3 is 1.85 bits per heavy atom. The number of rotatable bonds is 9. The summed E-state index contributed by atoms with van der Waals surface area (Å²) in [5, 5.41) is 0. The van der Waals surface area contributed by atoms with E-state index in [4.69, 9.17) is 19.0 Å². The fourth-order valence-corrected chi connectivity index (χ4v) is 3.96. The van der Waals surface area contributed by atoms with E-state index in [0.717, 1.165) is 12.5 Å². The summed E-state index contributed by atoms with van der Waals surface area (Å²) in [6, 6.07) is 1.41. The van der Waals surface area contributed by atoms with Gasteiger partial charge in [0.15, 0.2) is 5.96 Å². The molecule has 7 heteroatoms. The van der Waals surface area contributed by atoms with Crippen molar-refractivity contribution in [2.45, 2.75) is 52.2 Å². The minimum atomic E-state index is -2.48. The van der Waals surface area contributed by atoms with Crippen molar-refractivity contribution in [2.75, 3.05) is 27.9 Å². The molecule has 0 saturated carbocycles. The van der Waals surface area contributed by atoms with Crippen molar-refractivity contribution in [1.29, 1.82) is 0 Å². The molecule has 0 spiro atoms. The number of guanidine groups is 1. The van der Waals surface area contributed by atoms with E-state index in [1.807, 2.05) is 0 Å². The van der Waals surface area contributed by atoms with Crippen LogP contribution in [0.5, 0.6) is 0 Å². The highest BCUT2D eigenvalue weighted by atomic mass is 28.4. The first-order chi connectivity index (χ1) is 9.33. The van der Waals surface area contributed by atoms with Crippen LogP contribution in [-0.2, 0) is 13.3 Å². The van der Waals surface area contributed by atoms with E-state index in [0.29, 0.717) is 24.6 Å². The summed E-state index contributed by atoms with van der Waals surface area (Å²) >= 11 is 0. The van der Waals surface area contributed by atoms with Crippen LogP contribution in [0.3, 0.4) is 0 Å². The van der Waals surface area contributed by atoms with E-state index in [1.54, 1.807) is 21.3 Å². The molecule has 0 radical (unpaired) electrons. The predicted molar refractivity (Wildman–Crippen MR) is 84.8 cm³/mol. The molecule has 0 aromatic carbocycles. The van der Waals surface area contributed by atoms with Gasteiger partial charge in [0.25, 0.3) is 0 Å². The molecule has 0 aliphatic heterocycles. The van der Waals surface area contributed by atoms with E-state index in [-0.39, 0.29) is 0 Å². The summed E-state index contributed by atoms with van der Waals surface area (Å²) < 4.78 is 16.1. The normalized spacial score (nSPS) is 13.3. The van der Waals surface area contributed by atoms with Gasteiger partial charge in [0.1, 0.15) is 0 Å². The molecule has 0 aliphatic rings. The highest BCUT2D eigenvalue weighted by Crippen LogP contribution is 2.15. The molecular weight excluding hydrogens is 274 g/mol. The molecule has 0 aromatic rings.